The quantitative estimate of drug-likeness (QED) is 0.123. The van der Waals surface area contributed by atoms with E-state index in [1.807, 2.05) is 0 Å². The molecule has 0 amide bonds. The van der Waals surface area contributed by atoms with Crippen LogP contribution in [0, 0.1) is 0 Å². The van der Waals surface area contributed by atoms with E-state index in [2.05, 4.69) is 0 Å². The van der Waals surface area contributed by atoms with Gasteiger partial charge in [0.05, 0.1) is 43.0 Å². The van der Waals surface area contributed by atoms with E-state index in [0.717, 1.165) is 0 Å². The first-order valence-corrected chi connectivity index (χ1v) is 13.6. The molecule has 0 aromatic heterocycles. The zero-order chi connectivity index (χ0) is 30.3. The standard InChI is InChI=1S/C23H45N5O13/c1-5-13(30)16(33)11(27)21(36-5)41-20-9(4-29)39-23(18(20)35)37-7-2-6(25)14(31)10(26)19(7)40-22-12(28)17(34)15(32)8(3-24)38-22/h5-23,29-35H,2-4,24-28H2,1H3. The van der Waals surface area contributed by atoms with E-state index in [4.69, 9.17) is 57.1 Å². The molecule has 240 valence electrons. The number of ether oxygens (including phenoxy) is 6. The molecule has 0 bridgehead atoms. The molecule has 1 saturated carbocycles. The van der Waals surface area contributed by atoms with Gasteiger partial charge in [0, 0.05) is 12.6 Å². The van der Waals surface area contributed by atoms with Crippen LogP contribution in [0.25, 0.3) is 0 Å². The second-order valence-corrected chi connectivity index (χ2v) is 11.2. The van der Waals surface area contributed by atoms with Crippen LogP contribution in [-0.2, 0) is 28.4 Å². The van der Waals surface area contributed by atoms with Crippen molar-refractivity contribution in [1.29, 1.82) is 0 Å². The topological polar surface area (TPSA) is 327 Å². The molecule has 0 spiro atoms. The second-order valence-electron chi connectivity index (χ2n) is 11.2. The first kappa shape index (κ1) is 33.2. The molecule has 4 rings (SSSR count). The summed E-state index contributed by atoms with van der Waals surface area (Å²) in [4.78, 5) is 0. The highest BCUT2D eigenvalue weighted by atomic mass is 16.8. The summed E-state index contributed by atoms with van der Waals surface area (Å²) >= 11 is 0. The van der Waals surface area contributed by atoms with Gasteiger partial charge in [-0.25, -0.2) is 0 Å². The molecule has 19 atom stereocenters. The van der Waals surface area contributed by atoms with Crippen molar-refractivity contribution in [2.75, 3.05) is 13.2 Å². The summed E-state index contributed by atoms with van der Waals surface area (Å²) in [5, 5.41) is 72.3. The molecular formula is C23H45N5O13. The van der Waals surface area contributed by atoms with Crippen LogP contribution in [0.1, 0.15) is 13.3 Å². The van der Waals surface area contributed by atoms with E-state index in [-0.39, 0.29) is 13.0 Å². The molecule has 0 aromatic rings. The Hall–Kier alpha value is -0.720. The fraction of sp³-hybridized carbons (Fsp3) is 1.00. The molecule has 0 aromatic carbocycles. The van der Waals surface area contributed by atoms with E-state index in [1.165, 1.54) is 6.92 Å². The lowest BCUT2D eigenvalue weighted by Gasteiger charge is -2.47. The average molecular weight is 600 g/mol. The fourth-order valence-corrected chi connectivity index (χ4v) is 5.64. The molecule has 3 aliphatic heterocycles. The molecule has 4 aliphatic rings. The van der Waals surface area contributed by atoms with Crippen molar-refractivity contribution in [3.05, 3.63) is 0 Å². The first-order chi connectivity index (χ1) is 19.3. The minimum Gasteiger partial charge on any atom is -0.394 e. The molecule has 3 heterocycles. The summed E-state index contributed by atoms with van der Waals surface area (Å²) in [7, 11) is 0. The molecule has 17 N–H and O–H groups in total. The Balaban J connectivity index is 1.48. The minimum atomic E-state index is -1.52. The maximum Gasteiger partial charge on any atom is 0.187 e. The highest BCUT2D eigenvalue weighted by Gasteiger charge is 2.53. The number of hydrogen-bond acceptors (Lipinski definition) is 18. The molecule has 3 saturated heterocycles. The van der Waals surface area contributed by atoms with Crippen molar-refractivity contribution in [2.45, 2.75) is 130 Å². The molecule has 41 heavy (non-hydrogen) atoms. The highest BCUT2D eigenvalue weighted by molar-refractivity contribution is 5.02. The van der Waals surface area contributed by atoms with Gasteiger partial charge in [-0.15, -0.1) is 0 Å². The van der Waals surface area contributed by atoms with Crippen LogP contribution in [-0.4, -0.2) is 165 Å². The molecule has 1 aliphatic carbocycles. The monoisotopic (exact) mass is 599 g/mol. The lowest BCUT2D eigenvalue weighted by Crippen LogP contribution is -2.68. The van der Waals surface area contributed by atoms with E-state index in [1.54, 1.807) is 0 Å². The van der Waals surface area contributed by atoms with E-state index < -0.39 is 123 Å². The van der Waals surface area contributed by atoms with Gasteiger partial charge >= 0.3 is 0 Å². The highest BCUT2D eigenvalue weighted by Crippen LogP contribution is 2.34. The third-order valence-electron chi connectivity index (χ3n) is 8.31. The summed E-state index contributed by atoms with van der Waals surface area (Å²) in [6.07, 6.45) is -18.5. The summed E-state index contributed by atoms with van der Waals surface area (Å²) in [6.45, 7) is 0.761. The molecule has 4 fully saturated rings. The van der Waals surface area contributed by atoms with Crippen LogP contribution in [0.3, 0.4) is 0 Å². The van der Waals surface area contributed by atoms with Crippen molar-refractivity contribution < 1.29 is 64.2 Å². The molecule has 0 radical (unpaired) electrons. The van der Waals surface area contributed by atoms with Gasteiger partial charge in [0.25, 0.3) is 0 Å². The van der Waals surface area contributed by atoms with E-state index in [0.29, 0.717) is 0 Å². The van der Waals surface area contributed by atoms with Gasteiger partial charge in [0.2, 0.25) is 0 Å². The number of rotatable bonds is 8. The largest absolute Gasteiger partial charge is 0.394 e. The van der Waals surface area contributed by atoms with Crippen molar-refractivity contribution in [3.8, 4) is 0 Å². The van der Waals surface area contributed by atoms with Crippen LogP contribution in [0.5, 0.6) is 0 Å². The normalized spacial score (nSPS) is 54.8. The number of nitrogens with two attached hydrogens (primary N) is 5. The van der Waals surface area contributed by atoms with Gasteiger partial charge in [0.1, 0.15) is 54.9 Å². The van der Waals surface area contributed by atoms with Gasteiger partial charge in [-0.05, 0) is 13.3 Å². The molecule has 18 heteroatoms. The second kappa shape index (κ2) is 13.5. The Morgan fingerprint density at radius 2 is 1.20 bits per heavy atom. The summed E-state index contributed by atoms with van der Waals surface area (Å²) < 4.78 is 34.7. The van der Waals surface area contributed by atoms with Gasteiger partial charge in [-0.2, -0.15) is 0 Å². The number of aliphatic hydroxyl groups is 7. The Labute approximate surface area is 236 Å². The Bertz CT molecular complexity index is 852. The summed E-state index contributed by atoms with van der Waals surface area (Å²) in [6, 6.07) is -4.38. The summed E-state index contributed by atoms with van der Waals surface area (Å²) in [5.74, 6) is 0. The maximum atomic E-state index is 11.1. The van der Waals surface area contributed by atoms with Crippen molar-refractivity contribution >= 4 is 0 Å². The average Bonchev–Trinajstić information content (AvgIpc) is 3.24. The lowest BCUT2D eigenvalue weighted by atomic mass is 9.84. The van der Waals surface area contributed by atoms with Crippen molar-refractivity contribution in [1.82, 2.24) is 0 Å². The third-order valence-corrected chi connectivity index (χ3v) is 8.31. The lowest BCUT2D eigenvalue weighted by molar-refractivity contribution is -0.301. The SMILES string of the molecule is CC1OC(OC2C(CO)OC(OC3CC(N)C(O)C(N)C3OC3OC(CN)C(O)C(O)C3N)C2O)C(N)C(O)C1O. The van der Waals surface area contributed by atoms with Crippen LogP contribution in [0.4, 0.5) is 0 Å². The molecule has 18 nitrogen and oxygen atoms in total. The van der Waals surface area contributed by atoms with Crippen LogP contribution < -0.4 is 28.7 Å². The first-order valence-electron chi connectivity index (χ1n) is 13.6. The Morgan fingerprint density at radius 3 is 1.80 bits per heavy atom. The smallest absolute Gasteiger partial charge is 0.187 e. The Kier molecular flexibility index (Phi) is 10.9. The maximum absolute atomic E-state index is 11.1. The van der Waals surface area contributed by atoms with Crippen LogP contribution in [0.2, 0.25) is 0 Å². The van der Waals surface area contributed by atoms with Crippen molar-refractivity contribution in [2.24, 2.45) is 28.7 Å². The van der Waals surface area contributed by atoms with Crippen LogP contribution >= 0.6 is 0 Å². The predicted molar refractivity (Wildman–Crippen MR) is 135 cm³/mol. The van der Waals surface area contributed by atoms with Gasteiger partial charge in [-0.1, -0.05) is 0 Å². The zero-order valence-electron chi connectivity index (χ0n) is 22.6. The minimum absolute atomic E-state index is 0.0207. The van der Waals surface area contributed by atoms with Gasteiger partial charge in [-0.3, -0.25) is 0 Å². The molecular weight excluding hydrogens is 554 g/mol. The van der Waals surface area contributed by atoms with E-state index in [9.17, 15) is 35.7 Å². The zero-order valence-corrected chi connectivity index (χ0v) is 22.6. The number of aliphatic hydroxyl groups excluding tert-OH is 7. The predicted octanol–water partition coefficient (Wildman–Crippen LogP) is -7.83. The molecule has 19 unspecified atom stereocenters. The third kappa shape index (κ3) is 6.55. The summed E-state index contributed by atoms with van der Waals surface area (Å²) in [5.41, 5.74) is 30.0. The van der Waals surface area contributed by atoms with Gasteiger partial charge < -0.3 is 92.8 Å². The van der Waals surface area contributed by atoms with Crippen LogP contribution in [0.15, 0.2) is 0 Å². The van der Waals surface area contributed by atoms with Gasteiger partial charge in [0.15, 0.2) is 18.9 Å². The fourth-order valence-electron chi connectivity index (χ4n) is 5.64. The number of hydrogen-bond donors (Lipinski definition) is 12. The van der Waals surface area contributed by atoms with Crippen molar-refractivity contribution in [3.63, 3.8) is 0 Å². The van der Waals surface area contributed by atoms with E-state index >= 15 is 0 Å². The Morgan fingerprint density at radius 1 is 0.634 bits per heavy atom.